The van der Waals surface area contributed by atoms with Crippen LogP contribution < -0.4 is 4.72 Å². The molecule has 0 saturated heterocycles. The minimum absolute atomic E-state index is 0.210. The van der Waals surface area contributed by atoms with Crippen LogP contribution in [0, 0.1) is 0 Å². The molecule has 21 heavy (non-hydrogen) atoms. The molecule has 11 heteroatoms. The van der Waals surface area contributed by atoms with Crippen LogP contribution in [0.25, 0.3) is 0 Å². The minimum Gasteiger partial charge on any atom is -0.476 e. The highest BCUT2D eigenvalue weighted by Gasteiger charge is 2.28. The molecule has 0 spiro atoms. The van der Waals surface area contributed by atoms with Gasteiger partial charge in [-0.2, -0.15) is 13.2 Å². The molecular weight excluding hydrogens is 333 g/mol. The lowest BCUT2D eigenvalue weighted by atomic mass is 10.3. The summed E-state index contributed by atoms with van der Waals surface area (Å²) in [4.78, 5) is 14.4. The molecule has 1 rings (SSSR count). The quantitative estimate of drug-likeness (QED) is 0.789. The lowest BCUT2D eigenvalue weighted by molar-refractivity contribution is -0.134. The van der Waals surface area contributed by atoms with Crippen LogP contribution in [0.5, 0.6) is 0 Å². The van der Waals surface area contributed by atoms with Crippen LogP contribution >= 0.6 is 11.3 Å². The van der Waals surface area contributed by atoms with Crippen LogP contribution in [0.15, 0.2) is 5.38 Å². The van der Waals surface area contributed by atoms with E-state index in [1.807, 2.05) is 0 Å². The van der Waals surface area contributed by atoms with Gasteiger partial charge in [0.05, 0.1) is 11.8 Å². The topological polar surface area (TPSA) is 96.4 Å². The van der Waals surface area contributed by atoms with E-state index < -0.39 is 46.8 Å². The van der Waals surface area contributed by atoms with Crippen molar-refractivity contribution in [3.8, 4) is 0 Å². The van der Waals surface area contributed by atoms with Gasteiger partial charge >= 0.3 is 12.1 Å². The maximum absolute atomic E-state index is 12.0. The Labute approximate surface area is 123 Å². The van der Waals surface area contributed by atoms with E-state index in [-0.39, 0.29) is 10.7 Å². The van der Waals surface area contributed by atoms with Gasteiger partial charge < -0.3 is 5.11 Å². The minimum atomic E-state index is -4.40. The largest absolute Gasteiger partial charge is 0.476 e. The van der Waals surface area contributed by atoms with Crippen molar-refractivity contribution in [3.05, 3.63) is 16.1 Å². The van der Waals surface area contributed by atoms with Crippen molar-refractivity contribution in [2.45, 2.75) is 32.0 Å². The molecule has 0 saturated carbocycles. The normalized spacial score (nSPS) is 14.1. The number of alkyl halides is 3. The van der Waals surface area contributed by atoms with Crippen molar-refractivity contribution in [1.29, 1.82) is 0 Å². The lowest BCUT2D eigenvalue weighted by Crippen LogP contribution is -2.29. The highest BCUT2D eigenvalue weighted by molar-refractivity contribution is 7.89. The molecule has 1 atom stereocenters. The summed E-state index contributed by atoms with van der Waals surface area (Å²) >= 11 is 0.956. The fourth-order valence-electron chi connectivity index (χ4n) is 1.43. The summed E-state index contributed by atoms with van der Waals surface area (Å²) in [5.41, 5.74) is -0.210. The van der Waals surface area contributed by atoms with Crippen molar-refractivity contribution >= 4 is 27.3 Å². The lowest BCUT2D eigenvalue weighted by Gasteiger charge is -2.12. The summed E-state index contributed by atoms with van der Waals surface area (Å²) in [6.07, 6.45) is -6.11. The second-order valence-electron chi connectivity index (χ2n) is 4.25. The van der Waals surface area contributed by atoms with Crippen molar-refractivity contribution < 1.29 is 31.5 Å². The van der Waals surface area contributed by atoms with Gasteiger partial charge in [0.1, 0.15) is 5.01 Å². The highest BCUT2D eigenvalue weighted by atomic mass is 32.2. The molecule has 0 amide bonds. The van der Waals surface area contributed by atoms with Crippen molar-refractivity contribution in [2.24, 2.45) is 0 Å². The number of sulfonamides is 1. The molecular formula is C10H13F3N2O4S2. The fourth-order valence-corrected chi connectivity index (χ4v) is 3.59. The number of aromatic carboxylic acids is 1. The monoisotopic (exact) mass is 346 g/mol. The molecule has 1 aromatic rings. The number of carboxylic acid groups (broad SMARTS) is 1. The van der Waals surface area contributed by atoms with Gasteiger partial charge in [0.25, 0.3) is 0 Å². The molecule has 120 valence electrons. The maximum Gasteiger partial charge on any atom is 0.389 e. The summed E-state index contributed by atoms with van der Waals surface area (Å²) in [6, 6.07) is -0.806. The van der Waals surface area contributed by atoms with Crippen molar-refractivity contribution in [3.63, 3.8) is 0 Å². The zero-order valence-electron chi connectivity index (χ0n) is 10.8. The first-order valence-electron chi connectivity index (χ1n) is 5.75. The Morgan fingerprint density at radius 1 is 1.52 bits per heavy atom. The van der Waals surface area contributed by atoms with Crippen LogP contribution in [0.1, 0.15) is 41.3 Å². The zero-order chi connectivity index (χ0) is 16.3. The van der Waals surface area contributed by atoms with E-state index in [2.05, 4.69) is 9.71 Å². The molecule has 0 aliphatic rings. The van der Waals surface area contributed by atoms with Gasteiger partial charge in [-0.15, -0.1) is 11.3 Å². The Balaban J connectivity index is 2.59. The third kappa shape index (κ3) is 6.40. The Morgan fingerprint density at radius 3 is 2.62 bits per heavy atom. The third-order valence-electron chi connectivity index (χ3n) is 2.34. The van der Waals surface area contributed by atoms with Crippen LogP contribution in [-0.4, -0.2) is 36.4 Å². The molecule has 0 aliphatic heterocycles. The first-order chi connectivity index (χ1) is 9.50. The molecule has 6 nitrogen and oxygen atoms in total. The van der Waals surface area contributed by atoms with Gasteiger partial charge in [0.2, 0.25) is 10.0 Å². The number of rotatable bonds is 7. The first kappa shape index (κ1) is 17.9. The van der Waals surface area contributed by atoms with Gasteiger partial charge in [-0.3, -0.25) is 0 Å². The number of aromatic nitrogens is 1. The molecule has 0 bridgehead atoms. The third-order valence-corrected chi connectivity index (χ3v) is 4.91. The molecule has 0 aromatic carbocycles. The summed E-state index contributed by atoms with van der Waals surface area (Å²) in [5.74, 6) is -1.90. The first-order valence-corrected chi connectivity index (χ1v) is 8.29. The molecule has 0 radical (unpaired) electrons. The predicted octanol–water partition coefficient (Wildman–Crippen LogP) is 2.16. The molecule has 0 aliphatic carbocycles. The number of carbonyl (C=O) groups is 1. The van der Waals surface area contributed by atoms with E-state index >= 15 is 0 Å². The number of hydrogen-bond donors (Lipinski definition) is 2. The summed E-state index contributed by atoms with van der Waals surface area (Å²) in [5, 5.41) is 10.2. The second kappa shape index (κ2) is 6.71. The highest BCUT2D eigenvalue weighted by Crippen LogP contribution is 2.22. The van der Waals surface area contributed by atoms with Gasteiger partial charge in [-0.05, 0) is 13.3 Å². The molecule has 1 unspecified atom stereocenters. The maximum atomic E-state index is 12.0. The van der Waals surface area contributed by atoms with Gasteiger partial charge in [0.15, 0.2) is 5.69 Å². The SMILES string of the molecule is CC(NS(=O)(=O)CCCC(F)(F)F)c1nc(C(=O)O)cs1. The summed E-state index contributed by atoms with van der Waals surface area (Å²) in [7, 11) is -3.89. The van der Waals surface area contributed by atoms with Crippen molar-refractivity contribution in [2.75, 3.05) is 5.75 Å². The molecule has 1 aromatic heterocycles. The molecule has 2 N–H and O–H groups in total. The van der Waals surface area contributed by atoms with Crippen molar-refractivity contribution in [1.82, 2.24) is 9.71 Å². The smallest absolute Gasteiger partial charge is 0.389 e. The Hall–Kier alpha value is -1.20. The Morgan fingerprint density at radius 2 is 2.14 bits per heavy atom. The van der Waals surface area contributed by atoms with E-state index in [0.717, 1.165) is 11.3 Å². The number of nitrogens with zero attached hydrogens (tertiary/aromatic N) is 1. The van der Waals surface area contributed by atoms with E-state index in [9.17, 15) is 26.4 Å². The summed E-state index contributed by atoms with van der Waals surface area (Å²) in [6.45, 7) is 1.44. The fraction of sp³-hybridized carbons (Fsp3) is 0.600. The number of nitrogens with one attached hydrogen (secondary N) is 1. The van der Waals surface area contributed by atoms with Crippen LogP contribution in [0.2, 0.25) is 0 Å². The molecule has 0 fully saturated rings. The zero-order valence-corrected chi connectivity index (χ0v) is 12.5. The standard InChI is InChI=1S/C10H13F3N2O4S2/c1-6(8-14-7(5-20-8)9(16)17)15-21(18,19)4-2-3-10(11,12)13/h5-6,15H,2-4H2,1H3,(H,16,17). The number of halogens is 3. The van der Waals surface area contributed by atoms with Crippen LogP contribution in [0.3, 0.4) is 0 Å². The van der Waals surface area contributed by atoms with E-state index in [1.165, 1.54) is 12.3 Å². The van der Waals surface area contributed by atoms with Gasteiger partial charge in [-0.1, -0.05) is 0 Å². The Kier molecular flexibility index (Phi) is 5.70. The van der Waals surface area contributed by atoms with Gasteiger partial charge in [-0.25, -0.2) is 22.9 Å². The Bertz CT molecular complexity index is 598. The average molecular weight is 346 g/mol. The summed E-state index contributed by atoms with van der Waals surface area (Å²) < 4.78 is 61.3. The number of hydrogen-bond acceptors (Lipinski definition) is 5. The second-order valence-corrected chi connectivity index (χ2v) is 7.02. The van der Waals surface area contributed by atoms with E-state index in [1.54, 1.807) is 0 Å². The van der Waals surface area contributed by atoms with E-state index in [0.29, 0.717) is 0 Å². The van der Waals surface area contributed by atoms with E-state index in [4.69, 9.17) is 5.11 Å². The average Bonchev–Trinajstić information content (AvgIpc) is 2.74. The number of thiazole rings is 1. The van der Waals surface area contributed by atoms with Crippen LogP contribution in [0.4, 0.5) is 13.2 Å². The predicted molar refractivity (Wildman–Crippen MR) is 69.7 cm³/mol. The number of carboxylic acids is 1. The van der Waals surface area contributed by atoms with Crippen LogP contribution in [-0.2, 0) is 10.0 Å². The van der Waals surface area contributed by atoms with Gasteiger partial charge in [0, 0.05) is 11.8 Å². The molecule has 1 heterocycles.